The minimum atomic E-state index is -0.358. The van der Waals surface area contributed by atoms with Crippen LogP contribution in [0.5, 0.6) is 0 Å². The molecular weight excluding hydrogens is 250 g/mol. The molecule has 1 heterocycles. The Labute approximate surface area is 109 Å². The molecule has 0 bridgehead atoms. The number of hydrogen-bond acceptors (Lipinski definition) is 3. The lowest BCUT2D eigenvalue weighted by molar-refractivity contribution is 0.102. The molecule has 0 aliphatic heterocycles. The maximum absolute atomic E-state index is 12.0. The van der Waals surface area contributed by atoms with E-state index in [0.29, 0.717) is 16.3 Å². The summed E-state index contributed by atoms with van der Waals surface area (Å²) in [7, 11) is 0. The van der Waals surface area contributed by atoms with Gasteiger partial charge in [-0.05, 0) is 30.3 Å². The number of nitrogens with one attached hydrogen (secondary N) is 1. The molecule has 0 aliphatic rings. The molecular formula is C13H8ClN3O. The van der Waals surface area contributed by atoms with Crippen molar-refractivity contribution in [2.75, 3.05) is 5.32 Å². The highest BCUT2D eigenvalue weighted by Gasteiger charge is 2.11. The summed E-state index contributed by atoms with van der Waals surface area (Å²) in [4.78, 5) is 15.8. The van der Waals surface area contributed by atoms with E-state index >= 15 is 0 Å². The number of anilines is 1. The van der Waals surface area contributed by atoms with Gasteiger partial charge >= 0.3 is 0 Å². The Morgan fingerprint density at radius 2 is 2.00 bits per heavy atom. The molecule has 5 heteroatoms. The number of amides is 1. The second-order valence-corrected chi connectivity index (χ2v) is 3.90. The molecule has 1 aromatic carbocycles. The second-order valence-electron chi connectivity index (χ2n) is 3.50. The average molecular weight is 258 g/mol. The van der Waals surface area contributed by atoms with Crippen LogP contribution < -0.4 is 5.32 Å². The lowest BCUT2D eigenvalue weighted by Crippen LogP contribution is -2.12. The van der Waals surface area contributed by atoms with E-state index in [1.807, 2.05) is 6.07 Å². The molecule has 0 fully saturated rings. The summed E-state index contributed by atoms with van der Waals surface area (Å²) in [5.41, 5.74) is 1.28. The molecule has 2 aromatic rings. The summed E-state index contributed by atoms with van der Waals surface area (Å²) in [6, 6.07) is 9.85. The quantitative estimate of drug-likeness (QED) is 0.900. The number of carbonyl (C=O) groups is 1. The summed E-state index contributed by atoms with van der Waals surface area (Å²) in [5, 5.41) is 11.8. The first-order valence-corrected chi connectivity index (χ1v) is 5.49. The standard InChI is InChI=1S/C13H8ClN3O/c14-12-2-1-9(8-15)7-11(12)13(18)17-10-3-5-16-6-4-10/h1-7H,(H,16,17,18). The first-order chi connectivity index (χ1) is 8.70. The highest BCUT2D eigenvalue weighted by molar-refractivity contribution is 6.34. The summed E-state index contributed by atoms with van der Waals surface area (Å²) in [6.45, 7) is 0. The zero-order chi connectivity index (χ0) is 13.0. The maximum Gasteiger partial charge on any atom is 0.257 e. The molecule has 0 atom stereocenters. The first kappa shape index (κ1) is 12.1. The van der Waals surface area contributed by atoms with Crippen LogP contribution in [-0.4, -0.2) is 10.9 Å². The lowest BCUT2D eigenvalue weighted by Gasteiger charge is -2.06. The van der Waals surface area contributed by atoms with Gasteiger partial charge in [0.15, 0.2) is 0 Å². The fraction of sp³-hybridized carbons (Fsp3) is 0. The van der Waals surface area contributed by atoms with Crippen molar-refractivity contribution in [2.45, 2.75) is 0 Å². The highest BCUT2D eigenvalue weighted by atomic mass is 35.5. The molecule has 0 spiro atoms. The molecule has 0 saturated heterocycles. The van der Waals surface area contributed by atoms with E-state index in [4.69, 9.17) is 16.9 Å². The van der Waals surface area contributed by atoms with Crippen LogP contribution in [0.1, 0.15) is 15.9 Å². The second kappa shape index (κ2) is 5.30. The normalized spacial score (nSPS) is 9.56. The lowest BCUT2D eigenvalue weighted by atomic mass is 10.1. The summed E-state index contributed by atoms with van der Waals surface area (Å²) in [5.74, 6) is -0.358. The number of nitrogens with zero attached hydrogens (tertiary/aromatic N) is 2. The van der Waals surface area contributed by atoms with Gasteiger partial charge in [-0.2, -0.15) is 5.26 Å². The largest absolute Gasteiger partial charge is 0.322 e. The SMILES string of the molecule is N#Cc1ccc(Cl)c(C(=O)Nc2ccncc2)c1. The Morgan fingerprint density at radius 3 is 2.67 bits per heavy atom. The zero-order valence-corrected chi connectivity index (χ0v) is 9.98. The average Bonchev–Trinajstić information content (AvgIpc) is 2.40. The zero-order valence-electron chi connectivity index (χ0n) is 9.22. The third-order valence-corrected chi connectivity index (χ3v) is 2.61. The van der Waals surface area contributed by atoms with E-state index in [0.717, 1.165) is 0 Å². The number of halogens is 1. The van der Waals surface area contributed by atoms with Crippen LogP contribution in [0.3, 0.4) is 0 Å². The summed E-state index contributed by atoms with van der Waals surface area (Å²) < 4.78 is 0. The van der Waals surface area contributed by atoms with Gasteiger partial charge in [-0.25, -0.2) is 0 Å². The van der Waals surface area contributed by atoms with Gasteiger partial charge in [-0.1, -0.05) is 11.6 Å². The number of pyridine rings is 1. The van der Waals surface area contributed by atoms with Crippen molar-refractivity contribution in [1.82, 2.24) is 4.98 Å². The van der Waals surface area contributed by atoms with Crippen molar-refractivity contribution in [1.29, 1.82) is 5.26 Å². The van der Waals surface area contributed by atoms with Crippen molar-refractivity contribution in [3.05, 3.63) is 58.9 Å². The maximum atomic E-state index is 12.0. The molecule has 1 N–H and O–H groups in total. The van der Waals surface area contributed by atoms with E-state index in [1.54, 1.807) is 30.6 Å². The Kier molecular flexibility index (Phi) is 3.56. The fourth-order valence-corrected chi connectivity index (χ4v) is 1.61. The van der Waals surface area contributed by atoms with Gasteiger partial charge < -0.3 is 5.32 Å². The van der Waals surface area contributed by atoms with Gasteiger partial charge in [0.25, 0.3) is 5.91 Å². The predicted molar refractivity (Wildman–Crippen MR) is 68.4 cm³/mol. The van der Waals surface area contributed by atoms with E-state index in [-0.39, 0.29) is 11.5 Å². The third-order valence-electron chi connectivity index (χ3n) is 2.28. The molecule has 88 valence electrons. The Bertz CT molecular complexity index is 620. The molecule has 1 aromatic heterocycles. The van der Waals surface area contributed by atoms with Gasteiger partial charge in [0.05, 0.1) is 22.2 Å². The van der Waals surface area contributed by atoms with Crippen molar-refractivity contribution in [2.24, 2.45) is 0 Å². The van der Waals surface area contributed by atoms with E-state index in [9.17, 15) is 4.79 Å². The van der Waals surface area contributed by atoms with Crippen molar-refractivity contribution >= 4 is 23.2 Å². The summed E-state index contributed by atoms with van der Waals surface area (Å²) >= 11 is 5.93. The highest BCUT2D eigenvalue weighted by Crippen LogP contribution is 2.19. The van der Waals surface area contributed by atoms with Crippen LogP contribution in [0.2, 0.25) is 5.02 Å². The van der Waals surface area contributed by atoms with E-state index < -0.39 is 0 Å². The predicted octanol–water partition coefficient (Wildman–Crippen LogP) is 2.86. The number of aromatic nitrogens is 1. The van der Waals surface area contributed by atoms with Gasteiger partial charge in [0.1, 0.15) is 0 Å². The van der Waals surface area contributed by atoms with Crippen LogP contribution >= 0.6 is 11.6 Å². The van der Waals surface area contributed by atoms with E-state index in [2.05, 4.69) is 10.3 Å². The Hall–Kier alpha value is -2.38. The molecule has 1 amide bonds. The number of carbonyl (C=O) groups excluding carboxylic acids is 1. The van der Waals surface area contributed by atoms with Crippen molar-refractivity contribution < 1.29 is 4.79 Å². The molecule has 0 unspecified atom stereocenters. The third kappa shape index (κ3) is 2.65. The molecule has 18 heavy (non-hydrogen) atoms. The Balaban J connectivity index is 2.27. The summed E-state index contributed by atoms with van der Waals surface area (Å²) in [6.07, 6.45) is 3.14. The fourth-order valence-electron chi connectivity index (χ4n) is 1.40. The minimum Gasteiger partial charge on any atom is -0.322 e. The van der Waals surface area contributed by atoms with Crippen LogP contribution in [0.4, 0.5) is 5.69 Å². The Morgan fingerprint density at radius 1 is 1.28 bits per heavy atom. The number of nitriles is 1. The van der Waals surface area contributed by atoms with Crippen LogP contribution in [0, 0.1) is 11.3 Å². The van der Waals surface area contributed by atoms with Gasteiger partial charge in [-0.3, -0.25) is 9.78 Å². The first-order valence-electron chi connectivity index (χ1n) is 5.12. The van der Waals surface area contributed by atoms with Crippen molar-refractivity contribution in [3.8, 4) is 6.07 Å². The molecule has 4 nitrogen and oxygen atoms in total. The monoisotopic (exact) mass is 257 g/mol. The van der Waals surface area contributed by atoms with Gasteiger partial charge in [0.2, 0.25) is 0 Å². The minimum absolute atomic E-state index is 0.271. The van der Waals surface area contributed by atoms with Crippen LogP contribution in [0.25, 0.3) is 0 Å². The van der Waals surface area contributed by atoms with Gasteiger partial charge in [-0.15, -0.1) is 0 Å². The number of benzene rings is 1. The molecule has 0 saturated carbocycles. The van der Waals surface area contributed by atoms with Gasteiger partial charge in [0, 0.05) is 18.1 Å². The topological polar surface area (TPSA) is 65.8 Å². The molecule has 0 aliphatic carbocycles. The van der Waals surface area contributed by atoms with Crippen LogP contribution in [0.15, 0.2) is 42.7 Å². The smallest absolute Gasteiger partial charge is 0.257 e. The number of rotatable bonds is 2. The van der Waals surface area contributed by atoms with Crippen molar-refractivity contribution in [3.63, 3.8) is 0 Å². The van der Waals surface area contributed by atoms with Crippen LogP contribution in [-0.2, 0) is 0 Å². The number of hydrogen-bond donors (Lipinski definition) is 1. The molecule has 2 rings (SSSR count). The molecule has 0 radical (unpaired) electrons. The van der Waals surface area contributed by atoms with E-state index in [1.165, 1.54) is 12.1 Å².